The van der Waals surface area contributed by atoms with Crippen LogP contribution >= 0.6 is 0 Å². The molecule has 0 aromatic rings. The van der Waals surface area contributed by atoms with Crippen molar-refractivity contribution in [2.24, 2.45) is 5.92 Å². The standard InChI is InChI=1S/C14H28N2O3S/c1-11-8-14(9-12(2)19-11)15-6-7-20(17,18)16-10-13-4-3-5-13/h11-16H,3-10H2,1-2H3. The van der Waals surface area contributed by atoms with E-state index in [9.17, 15) is 8.42 Å². The predicted octanol–water partition coefficient (Wildman–Crippen LogP) is 1.25. The van der Waals surface area contributed by atoms with E-state index in [1.807, 2.05) is 0 Å². The van der Waals surface area contributed by atoms with Gasteiger partial charge in [-0.15, -0.1) is 0 Å². The van der Waals surface area contributed by atoms with Crippen LogP contribution in [0.15, 0.2) is 0 Å². The second kappa shape index (κ2) is 7.20. The fourth-order valence-corrected chi connectivity index (χ4v) is 4.00. The van der Waals surface area contributed by atoms with Crippen LogP contribution in [0, 0.1) is 5.92 Å². The quantitative estimate of drug-likeness (QED) is 0.743. The number of ether oxygens (including phenoxy) is 1. The van der Waals surface area contributed by atoms with Gasteiger partial charge in [0.15, 0.2) is 0 Å². The molecule has 6 heteroatoms. The van der Waals surface area contributed by atoms with E-state index in [-0.39, 0.29) is 18.0 Å². The summed E-state index contributed by atoms with van der Waals surface area (Å²) < 4.78 is 32.1. The highest BCUT2D eigenvalue weighted by molar-refractivity contribution is 7.89. The lowest BCUT2D eigenvalue weighted by Crippen LogP contribution is -2.44. The van der Waals surface area contributed by atoms with Crippen molar-refractivity contribution in [1.29, 1.82) is 0 Å². The van der Waals surface area contributed by atoms with E-state index >= 15 is 0 Å². The van der Waals surface area contributed by atoms with Gasteiger partial charge >= 0.3 is 0 Å². The van der Waals surface area contributed by atoms with Gasteiger partial charge in [0.05, 0.1) is 18.0 Å². The highest BCUT2D eigenvalue weighted by Crippen LogP contribution is 2.25. The van der Waals surface area contributed by atoms with Gasteiger partial charge in [0, 0.05) is 19.1 Å². The van der Waals surface area contributed by atoms with Crippen molar-refractivity contribution < 1.29 is 13.2 Å². The normalized spacial score (nSPS) is 32.0. The van der Waals surface area contributed by atoms with Crippen molar-refractivity contribution in [3.63, 3.8) is 0 Å². The first-order valence-electron chi connectivity index (χ1n) is 7.81. The van der Waals surface area contributed by atoms with Crippen LogP contribution < -0.4 is 10.0 Å². The van der Waals surface area contributed by atoms with Crippen molar-refractivity contribution in [1.82, 2.24) is 10.0 Å². The van der Waals surface area contributed by atoms with E-state index in [2.05, 4.69) is 23.9 Å². The van der Waals surface area contributed by atoms with Gasteiger partial charge in [0.2, 0.25) is 10.0 Å². The maximum absolute atomic E-state index is 11.9. The van der Waals surface area contributed by atoms with Gasteiger partial charge in [-0.3, -0.25) is 0 Å². The zero-order valence-corrected chi connectivity index (χ0v) is 13.4. The Morgan fingerprint density at radius 1 is 1.15 bits per heavy atom. The Hall–Kier alpha value is -0.170. The first-order chi connectivity index (χ1) is 9.44. The molecule has 0 aromatic heterocycles. The number of sulfonamides is 1. The molecule has 1 aliphatic carbocycles. The van der Waals surface area contributed by atoms with Crippen LogP contribution in [0.5, 0.6) is 0 Å². The molecular weight excluding hydrogens is 276 g/mol. The van der Waals surface area contributed by atoms with E-state index in [0.29, 0.717) is 25.0 Å². The van der Waals surface area contributed by atoms with Gasteiger partial charge < -0.3 is 10.1 Å². The molecule has 0 spiro atoms. The SMILES string of the molecule is CC1CC(NCCS(=O)(=O)NCC2CCC2)CC(C)O1. The van der Waals surface area contributed by atoms with E-state index in [1.54, 1.807) is 0 Å². The highest BCUT2D eigenvalue weighted by atomic mass is 32.2. The van der Waals surface area contributed by atoms with Crippen LogP contribution in [0.1, 0.15) is 46.0 Å². The van der Waals surface area contributed by atoms with E-state index in [1.165, 1.54) is 19.3 Å². The molecule has 1 heterocycles. The molecule has 2 fully saturated rings. The Morgan fingerprint density at radius 2 is 1.80 bits per heavy atom. The van der Waals surface area contributed by atoms with Crippen LogP contribution in [0.3, 0.4) is 0 Å². The molecule has 1 saturated heterocycles. The highest BCUT2D eigenvalue weighted by Gasteiger charge is 2.24. The summed E-state index contributed by atoms with van der Waals surface area (Å²) >= 11 is 0. The molecule has 1 aliphatic heterocycles. The molecule has 20 heavy (non-hydrogen) atoms. The maximum atomic E-state index is 11.9. The largest absolute Gasteiger partial charge is 0.375 e. The number of hydrogen-bond donors (Lipinski definition) is 2. The predicted molar refractivity (Wildman–Crippen MR) is 80.2 cm³/mol. The Morgan fingerprint density at radius 3 is 2.35 bits per heavy atom. The first-order valence-corrected chi connectivity index (χ1v) is 9.46. The average molecular weight is 304 g/mol. The Balaban J connectivity index is 1.63. The zero-order chi connectivity index (χ0) is 14.6. The smallest absolute Gasteiger partial charge is 0.212 e. The van der Waals surface area contributed by atoms with Gasteiger partial charge in [-0.05, 0) is 45.4 Å². The van der Waals surface area contributed by atoms with Gasteiger partial charge in [-0.25, -0.2) is 13.1 Å². The van der Waals surface area contributed by atoms with Crippen molar-refractivity contribution >= 4 is 10.0 Å². The summed E-state index contributed by atoms with van der Waals surface area (Å²) in [4.78, 5) is 0. The molecule has 2 rings (SSSR count). The fourth-order valence-electron chi connectivity index (χ4n) is 2.98. The lowest BCUT2D eigenvalue weighted by molar-refractivity contribution is -0.0417. The van der Waals surface area contributed by atoms with E-state index in [0.717, 1.165) is 12.8 Å². The minimum absolute atomic E-state index is 0.167. The Labute approximate surface area is 122 Å². The molecule has 0 radical (unpaired) electrons. The molecule has 2 N–H and O–H groups in total. The monoisotopic (exact) mass is 304 g/mol. The van der Waals surface area contributed by atoms with E-state index in [4.69, 9.17) is 4.74 Å². The molecule has 0 bridgehead atoms. The zero-order valence-electron chi connectivity index (χ0n) is 12.6. The summed E-state index contributed by atoms with van der Waals surface area (Å²) in [5, 5.41) is 3.35. The summed E-state index contributed by atoms with van der Waals surface area (Å²) in [5.41, 5.74) is 0. The van der Waals surface area contributed by atoms with Crippen molar-refractivity contribution in [3.8, 4) is 0 Å². The maximum Gasteiger partial charge on any atom is 0.212 e. The van der Waals surface area contributed by atoms with Crippen LogP contribution in [-0.4, -0.2) is 45.5 Å². The van der Waals surface area contributed by atoms with Crippen LogP contribution in [0.25, 0.3) is 0 Å². The summed E-state index contributed by atoms with van der Waals surface area (Å²) in [6, 6.07) is 0.371. The second-order valence-corrected chi connectivity index (χ2v) is 8.27. The summed E-state index contributed by atoms with van der Waals surface area (Å²) in [6.45, 7) is 5.28. The third kappa shape index (κ3) is 5.31. The van der Waals surface area contributed by atoms with Crippen molar-refractivity contribution in [3.05, 3.63) is 0 Å². The molecule has 118 valence electrons. The van der Waals surface area contributed by atoms with Crippen LogP contribution in [-0.2, 0) is 14.8 Å². The molecule has 0 amide bonds. The van der Waals surface area contributed by atoms with Gasteiger partial charge in [-0.2, -0.15) is 0 Å². The third-order valence-corrected chi connectivity index (χ3v) is 5.67. The molecule has 2 atom stereocenters. The van der Waals surface area contributed by atoms with Crippen molar-refractivity contribution in [2.75, 3.05) is 18.8 Å². The molecule has 1 saturated carbocycles. The van der Waals surface area contributed by atoms with Crippen LogP contribution in [0.2, 0.25) is 0 Å². The number of rotatable bonds is 7. The van der Waals surface area contributed by atoms with Gasteiger partial charge in [0.1, 0.15) is 0 Å². The lowest BCUT2D eigenvalue weighted by atomic mass is 9.86. The molecule has 5 nitrogen and oxygen atoms in total. The summed E-state index contributed by atoms with van der Waals surface area (Å²) in [5.74, 6) is 0.731. The Bertz CT molecular complexity index is 385. The minimum Gasteiger partial charge on any atom is -0.375 e. The summed E-state index contributed by atoms with van der Waals surface area (Å²) in [6.07, 6.45) is 6.00. The minimum atomic E-state index is -3.12. The number of hydrogen-bond acceptors (Lipinski definition) is 4. The third-order valence-electron chi connectivity index (χ3n) is 4.32. The summed E-state index contributed by atoms with van der Waals surface area (Å²) in [7, 11) is -3.12. The average Bonchev–Trinajstić information content (AvgIpc) is 2.24. The fraction of sp³-hybridized carbons (Fsp3) is 1.00. The molecule has 2 aliphatic rings. The lowest BCUT2D eigenvalue weighted by Gasteiger charge is -2.32. The molecule has 0 aromatic carbocycles. The molecule has 2 unspecified atom stereocenters. The Kier molecular flexibility index (Phi) is 5.84. The van der Waals surface area contributed by atoms with E-state index < -0.39 is 10.0 Å². The topological polar surface area (TPSA) is 67.4 Å². The second-order valence-electron chi connectivity index (χ2n) is 6.34. The molecular formula is C14H28N2O3S. The first kappa shape index (κ1) is 16.2. The van der Waals surface area contributed by atoms with Crippen LogP contribution in [0.4, 0.5) is 0 Å². The number of nitrogens with one attached hydrogen (secondary N) is 2. The van der Waals surface area contributed by atoms with Crippen molar-refractivity contribution in [2.45, 2.75) is 64.2 Å². The van der Waals surface area contributed by atoms with Gasteiger partial charge in [0.25, 0.3) is 0 Å². The van der Waals surface area contributed by atoms with Gasteiger partial charge in [-0.1, -0.05) is 6.42 Å².